The highest BCUT2D eigenvalue weighted by Gasteiger charge is 2.27. The molecule has 1 heterocycles. The van der Waals surface area contributed by atoms with Crippen molar-refractivity contribution in [3.8, 4) is 17.2 Å². The van der Waals surface area contributed by atoms with E-state index in [1.807, 2.05) is 34.9 Å². The smallest absolute Gasteiger partial charge is 0.246 e. The molecule has 0 aliphatic carbocycles. The van der Waals surface area contributed by atoms with Crippen LogP contribution >= 0.6 is 11.8 Å². The maximum absolute atomic E-state index is 12.9. The molecule has 0 N–H and O–H groups in total. The van der Waals surface area contributed by atoms with Crippen LogP contribution in [0.5, 0.6) is 17.2 Å². The van der Waals surface area contributed by atoms with E-state index in [4.69, 9.17) is 14.2 Å². The van der Waals surface area contributed by atoms with Gasteiger partial charge < -0.3 is 19.1 Å². The van der Waals surface area contributed by atoms with Gasteiger partial charge in [0.05, 0.1) is 21.3 Å². The largest absolute Gasteiger partial charge is 0.493 e. The molecular weight excluding hydrogens is 374 g/mol. The van der Waals surface area contributed by atoms with Crippen molar-refractivity contribution >= 4 is 23.7 Å². The molecule has 0 saturated carbocycles. The Bertz CT molecular complexity index is 671. The molecule has 1 amide bonds. The third-order valence-electron chi connectivity index (χ3n) is 4.72. The molecule has 28 heavy (non-hydrogen) atoms. The van der Waals surface area contributed by atoms with Gasteiger partial charge in [-0.2, -0.15) is 11.8 Å². The van der Waals surface area contributed by atoms with Crippen LogP contribution < -0.4 is 14.2 Å². The number of amides is 1. The van der Waals surface area contributed by atoms with Gasteiger partial charge in [-0.3, -0.25) is 4.79 Å². The van der Waals surface area contributed by atoms with Crippen molar-refractivity contribution in [1.82, 2.24) is 4.90 Å². The van der Waals surface area contributed by atoms with Crippen LogP contribution in [0.1, 0.15) is 45.6 Å². The van der Waals surface area contributed by atoms with Gasteiger partial charge in [-0.15, -0.1) is 0 Å². The third-order valence-corrected chi connectivity index (χ3v) is 6.14. The van der Waals surface area contributed by atoms with Crippen LogP contribution in [0.2, 0.25) is 0 Å². The fraction of sp³-hybridized carbons (Fsp3) is 0.591. The van der Waals surface area contributed by atoms with Gasteiger partial charge in [0.15, 0.2) is 11.5 Å². The van der Waals surface area contributed by atoms with Crippen molar-refractivity contribution in [2.24, 2.45) is 0 Å². The fourth-order valence-corrected chi connectivity index (χ4v) is 4.31. The number of nitrogens with zero attached hydrogens (tertiary/aromatic N) is 1. The molecule has 156 valence electrons. The van der Waals surface area contributed by atoms with E-state index in [1.165, 1.54) is 6.42 Å². The maximum atomic E-state index is 12.9. The van der Waals surface area contributed by atoms with Crippen LogP contribution in [-0.4, -0.2) is 55.2 Å². The Kier molecular flexibility index (Phi) is 8.10. The minimum absolute atomic E-state index is 0.0629. The molecule has 0 bridgehead atoms. The van der Waals surface area contributed by atoms with Crippen molar-refractivity contribution in [2.75, 3.05) is 33.6 Å². The van der Waals surface area contributed by atoms with Crippen molar-refractivity contribution in [3.05, 3.63) is 23.8 Å². The summed E-state index contributed by atoms with van der Waals surface area (Å²) in [5.41, 5.74) is 0.834. The first kappa shape index (κ1) is 22.5. The first-order valence-corrected chi connectivity index (χ1v) is 10.7. The predicted octanol–water partition coefficient (Wildman–Crippen LogP) is 4.64. The molecule has 1 aliphatic heterocycles. The highest BCUT2D eigenvalue weighted by Crippen LogP contribution is 2.38. The average Bonchev–Trinajstić information content (AvgIpc) is 2.69. The lowest BCUT2D eigenvalue weighted by atomic mass is 10.0. The number of thioether (sulfide) groups is 1. The molecule has 0 aromatic heterocycles. The first-order chi connectivity index (χ1) is 13.3. The van der Waals surface area contributed by atoms with Gasteiger partial charge in [-0.05, 0) is 43.0 Å². The zero-order valence-corrected chi connectivity index (χ0v) is 18.7. The normalized spacial score (nSPS) is 17.6. The van der Waals surface area contributed by atoms with E-state index in [-0.39, 0.29) is 10.7 Å². The zero-order valence-electron chi connectivity index (χ0n) is 17.9. The average molecular weight is 408 g/mol. The number of benzene rings is 1. The van der Waals surface area contributed by atoms with Gasteiger partial charge in [-0.25, -0.2) is 0 Å². The van der Waals surface area contributed by atoms with Crippen LogP contribution in [-0.2, 0) is 4.79 Å². The summed E-state index contributed by atoms with van der Waals surface area (Å²) in [4.78, 5) is 14.9. The molecule has 1 fully saturated rings. The molecule has 1 aliphatic rings. The topological polar surface area (TPSA) is 48.0 Å². The second-order valence-corrected chi connectivity index (χ2v) is 9.74. The number of carbonyl (C=O) groups excluding carboxylic acids is 1. The van der Waals surface area contributed by atoms with E-state index in [9.17, 15) is 4.79 Å². The quantitative estimate of drug-likeness (QED) is 0.616. The predicted molar refractivity (Wildman–Crippen MR) is 117 cm³/mol. The highest BCUT2D eigenvalue weighted by atomic mass is 32.2. The molecule has 1 atom stereocenters. The van der Waals surface area contributed by atoms with Crippen molar-refractivity contribution in [2.45, 2.75) is 50.8 Å². The Balaban J connectivity index is 2.14. The molecule has 2 rings (SSSR count). The van der Waals surface area contributed by atoms with Crippen LogP contribution in [0, 0.1) is 0 Å². The zero-order chi connectivity index (χ0) is 20.7. The van der Waals surface area contributed by atoms with E-state index in [0.717, 1.165) is 30.7 Å². The molecule has 5 nitrogen and oxygen atoms in total. The van der Waals surface area contributed by atoms with Gasteiger partial charge in [-0.1, -0.05) is 20.8 Å². The summed E-state index contributed by atoms with van der Waals surface area (Å²) in [6.07, 6.45) is 6.80. The monoisotopic (exact) mass is 407 g/mol. The maximum Gasteiger partial charge on any atom is 0.246 e. The standard InChI is InChI=1S/C22H33NO4S/c1-22(2,3)28-15-17-9-7-8-12-23(17)20(24)11-10-16-13-18(25-4)21(27-6)19(14-16)26-5/h10-11,13-14,17H,7-9,12,15H2,1-6H3/b11-10+. The molecule has 1 unspecified atom stereocenters. The second kappa shape index (κ2) is 10.1. The lowest BCUT2D eigenvalue weighted by molar-refractivity contribution is -0.128. The molecule has 6 heteroatoms. The molecule has 1 aromatic rings. The van der Waals surface area contributed by atoms with Crippen molar-refractivity contribution in [3.63, 3.8) is 0 Å². The second-order valence-electron chi connectivity index (χ2n) is 7.90. The number of carbonyl (C=O) groups is 1. The Morgan fingerprint density at radius 3 is 2.32 bits per heavy atom. The van der Waals surface area contributed by atoms with E-state index in [0.29, 0.717) is 23.3 Å². The summed E-state index contributed by atoms with van der Waals surface area (Å²) >= 11 is 1.92. The third kappa shape index (κ3) is 6.09. The van der Waals surface area contributed by atoms with Crippen LogP contribution in [0.4, 0.5) is 0 Å². The Morgan fingerprint density at radius 2 is 1.79 bits per heavy atom. The number of methoxy groups -OCH3 is 3. The fourth-order valence-electron chi connectivity index (χ4n) is 3.27. The Morgan fingerprint density at radius 1 is 1.14 bits per heavy atom. The summed E-state index contributed by atoms with van der Waals surface area (Å²) in [6.45, 7) is 7.48. The van der Waals surface area contributed by atoms with Crippen LogP contribution in [0.15, 0.2) is 18.2 Å². The van der Waals surface area contributed by atoms with Gasteiger partial charge in [0.1, 0.15) is 0 Å². The number of ether oxygens (including phenoxy) is 3. The van der Waals surface area contributed by atoms with Gasteiger partial charge >= 0.3 is 0 Å². The van der Waals surface area contributed by atoms with E-state index >= 15 is 0 Å². The number of piperidine rings is 1. The van der Waals surface area contributed by atoms with Crippen LogP contribution in [0.25, 0.3) is 6.08 Å². The SMILES string of the molecule is COc1cc(/C=C/C(=O)N2CCCCC2CSC(C)(C)C)cc(OC)c1OC. The molecule has 0 spiro atoms. The summed E-state index contributed by atoms with van der Waals surface area (Å²) in [7, 11) is 4.74. The lowest BCUT2D eigenvalue weighted by Crippen LogP contribution is -2.44. The van der Waals surface area contributed by atoms with Crippen molar-refractivity contribution < 1.29 is 19.0 Å². The minimum Gasteiger partial charge on any atom is -0.493 e. The summed E-state index contributed by atoms with van der Waals surface area (Å²) in [6, 6.07) is 3.98. The Hall–Kier alpha value is -1.82. The van der Waals surface area contributed by atoms with E-state index < -0.39 is 0 Å². The summed E-state index contributed by atoms with van der Waals surface area (Å²) in [5, 5.41) is 0. The first-order valence-electron chi connectivity index (χ1n) is 9.71. The lowest BCUT2D eigenvalue weighted by Gasteiger charge is -2.36. The number of hydrogen-bond acceptors (Lipinski definition) is 5. The van der Waals surface area contributed by atoms with Gasteiger partial charge in [0.25, 0.3) is 0 Å². The van der Waals surface area contributed by atoms with Crippen LogP contribution in [0.3, 0.4) is 0 Å². The number of rotatable bonds is 7. The summed E-state index contributed by atoms with van der Waals surface area (Å²) in [5.74, 6) is 2.74. The van der Waals surface area contributed by atoms with Crippen molar-refractivity contribution in [1.29, 1.82) is 0 Å². The van der Waals surface area contributed by atoms with Gasteiger partial charge in [0, 0.05) is 29.2 Å². The van der Waals surface area contributed by atoms with E-state index in [2.05, 4.69) is 20.8 Å². The minimum atomic E-state index is 0.0629. The summed E-state index contributed by atoms with van der Waals surface area (Å²) < 4.78 is 16.3. The van der Waals surface area contributed by atoms with E-state index in [1.54, 1.807) is 27.4 Å². The number of hydrogen-bond donors (Lipinski definition) is 0. The highest BCUT2D eigenvalue weighted by molar-refractivity contribution is 8.00. The molecular formula is C22H33NO4S. The Labute approximate surface area is 173 Å². The molecule has 1 aromatic carbocycles. The van der Waals surface area contributed by atoms with Gasteiger partial charge in [0.2, 0.25) is 11.7 Å². The molecule has 0 radical (unpaired) electrons. The molecule has 1 saturated heterocycles. The number of likely N-dealkylation sites (tertiary alicyclic amines) is 1.